The summed E-state index contributed by atoms with van der Waals surface area (Å²) in [6.45, 7) is 0.630. The minimum absolute atomic E-state index is 0.117. The van der Waals surface area contributed by atoms with Crippen molar-refractivity contribution in [2.45, 2.75) is 0 Å². The summed E-state index contributed by atoms with van der Waals surface area (Å²) in [5.41, 5.74) is 0.232. The van der Waals surface area contributed by atoms with Gasteiger partial charge in [0, 0.05) is 31.1 Å². The third-order valence-corrected chi connectivity index (χ3v) is 2.79. The van der Waals surface area contributed by atoms with Crippen LogP contribution in [0.15, 0.2) is 18.3 Å². The van der Waals surface area contributed by atoms with Crippen molar-refractivity contribution in [1.29, 1.82) is 0 Å². The van der Waals surface area contributed by atoms with E-state index in [2.05, 4.69) is 4.98 Å². The van der Waals surface area contributed by atoms with Crippen molar-refractivity contribution in [2.75, 3.05) is 25.6 Å². The van der Waals surface area contributed by atoms with Crippen LogP contribution in [0, 0.1) is 0 Å². The van der Waals surface area contributed by atoms with E-state index in [1.165, 1.54) is 18.3 Å². The van der Waals surface area contributed by atoms with Gasteiger partial charge in [0.15, 0.2) is 0 Å². The molecule has 0 atom stereocenters. The molecular weight excluding hydrogens is 240 g/mol. The monoisotopic (exact) mass is 254 g/mol. The summed E-state index contributed by atoms with van der Waals surface area (Å²) >= 11 is 1.65. The largest absolute Gasteiger partial charge is 0.477 e. The van der Waals surface area contributed by atoms with Gasteiger partial charge >= 0.3 is 5.97 Å². The van der Waals surface area contributed by atoms with Gasteiger partial charge in [0.25, 0.3) is 5.91 Å². The Hall–Kier alpha value is -1.56. The maximum atomic E-state index is 11.9. The van der Waals surface area contributed by atoms with Crippen molar-refractivity contribution in [3.63, 3.8) is 0 Å². The van der Waals surface area contributed by atoms with E-state index < -0.39 is 5.97 Å². The lowest BCUT2D eigenvalue weighted by atomic mass is 10.2. The van der Waals surface area contributed by atoms with E-state index in [1.807, 2.05) is 6.26 Å². The SMILES string of the molecule is CSCCN(C)C(=O)c1ccnc(C(=O)O)c1. The minimum atomic E-state index is -1.13. The number of hydrogen-bond acceptors (Lipinski definition) is 4. The van der Waals surface area contributed by atoms with E-state index >= 15 is 0 Å². The Morgan fingerprint density at radius 1 is 1.53 bits per heavy atom. The number of nitrogens with zero attached hydrogens (tertiary/aromatic N) is 2. The Kier molecular flexibility index (Phi) is 4.96. The fourth-order valence-corrected chi connectivity index (χ4v) is 1.69. The molecular formula is C11H14N2O3S. The summed E-state index contributed by atoms with van der Waals surface area (Å²) in [5.74, 6) is -0.477. The van der Waals surface area contributed by atoms with Gasteiger partial charge in [-0.1, -0.05) is 0 Å². The first-order valence-electron chi connectivity index (χ1n) is 5.00. The third-order valence-electron chi connectivity index (χ3n) is 2.20. The number of carbonyl (C=O) groups is 2. The van der Waals surface area contributed by atoms with Gasteiger partial charge in [0.05, 0.1) is 0 Å². The number of carboxylic acids is 1. The predicted molar refractivity (Wildman–Crippen MR) is 66.5 cm³/mol. The Bertz CT molecular complexity index is 423. The second-order valence-electron chi connectivity index (χ2n) is 3.45. The molecule has 0 bridgehead atoms. The molecule has 17 heavy (non-hydrogen) atoms. The lowest BCUT2D eigenvalue weighted by Gasteiger charge is -2.16. The topological polar surface area (TPSA) is 70.5 Å². The molecule has 0 radical (unpaired) electrons. The Balaban J connectivity index is 2.81. The van der Waals surface area contributed by atoms with E-state index in [9.17, 15) is 9.59 Å². The fourth-order valence-electron chi connectivity index (χ4n) is 1.23. The molecule has 1 aromatic rings. The number of carboxylic acid groups (broad SMARTS) is 1. The summed E-state index contributed by atoms with van der Waals surface area (Å²) in [6.07, 6.45) is 3.30. The first-order valence-corrected chi connectivity index (χ1v) is 6.39. The maximum absolute atomic E-state index is 11.9. The summed E-state index contributed by atoms with van der Waals surface area (Å²) in [6, 6.07) is 2.81. The number of thioether (sulfide) groups is 1. The molecule has 1 aromatic heterocycles. The molecule has 0 aliphatic carbocycles. The smallest absolute Gasteiger partial charge is 0.354 e. The molecule has 0 aliphatic heterocycles. The van der Waals surface area contributed by atoms with E-state index in [0.717, 1.165) is 5.75 Å². The van der Waals surface area contributed by atoms with Gasteiger partial charge in [-0.2, -0.15) is 11.8 Å². The molecule has 5 nitrogen and oxygen atoms in total. The molecule has 92 valence electrons. The molecule has 1 heterocycles. The number of amides is 1. The van der Waals surface area contributed by atoms with Crippen LogP contribution in [-0.2, 0) is 0 Å². The fraction of sp³-hybridized carbons (Fsp3) is 0.364. The molecule has 1 N–H and O–H groups in total. The van der Waals surface area contributed by atoms with Crippen LogP contribution < -0.4 is 0 Å². The van der Waals surface area contributed by atoms with Gasteiger partial charge in [-0.25, -0.2) is 9.78 Å². The first-order chi connectivity index (χ1) is 8.06. The highest BCUT2D eigenvalue weighted by Gasteiger charge is 2.13. The number of aromatic nitrogens is 1. The zero-order valence-electron chi connectivity index (χ0n) is 9.71. The number of hydrogen-bond donors (Lipinski definition) is 1. The van der Waals surface area contributed by atoms with Crippen LogP contribution in [0.1, 0.15) is 20.8 Å². The van der Waals surface area contributed by atoms with Crippen molar-refractivity contribution in [3.8, 4) is 0 Å². The molecule has 1 amide bonds. The van der Waals surface area contributed by atoms with Crippen LogP contribution in [0.2, 0.25) is 0 Å². The lowest BCUT2D eigenvalue weighted by Crippen LogP contribution is -2.29. The number of aromatic carboxylic acids is 1. The Morgan fingerprint density at radius 3 is 2.82 bits per heavy atom. The van der Waals surface area contributed by atoms with Crippen LogP contribution in [-0.4, -0.2) is 52.5 Å². The number of pyridine rings is 1. The lowest BCUT2D eigenvalue weighted by molar-refractivity contribution is 0.0690. The van der Waals surface area contributed by atoms with Crippen molar-refractivity contribution >= 4 is 23.6 Å². The highest BCUT2D eigenvalue weighted by atomic mass is 32.2. The standard InChI is InChI=1S/C11H14N2O3S/c1-13(5-6-17-2)10(14)8-3-4-12-9(7-8)11(15)16/h3-4,7H,5-6H2,1-2H3,(H,15,16). The molecule has 0 saturated heterocycles. The second kappa shape index (κ2) is 6.24. The summed E-state index contributed by atoms with van der Waals surface area (Å²) in [4.78, 5) is 27.9. The zero-order valence-corrected chi connectivity index (χ0v) is 10.5. The van der Waals surface area contributed by atoms with E-state index in [4.69, 9.17) is 5.11 Å². The normalized spacial score (nSPS) is 10.0. The number of carbonyl (C=O) groups excluding carboxylic acids is 1. The predicted octanol–water partition coefficient (Wildman–Crippen LogP) is 1.21. The van der Waals surface area contributed by atoms with Crippen molar-refractivity contribution in [2.24, 2.45) is 0 Å². The Labute approximate surface area is 104 Å². The third kappa shape index (κ3) is 3.74. The molecule has 0 spiro atoms. The molecule has 0 aromatic carbocycles. The zero-order chi connectivity index (χ0) is 12.8. The minimum Gasteiger partial charge on any atom is -0.477 e. The quantitative estimate of drug-likeness (QED) is 0.855. The van der Waals surface area contributed by atoms with Crippen LogP contribution in [0.25, 0.3) is 0 Å². The van der Waals surface area contributed by atoms with Gasteiger partial charge in [0.1, 0.15) is 5.69 Å². The highest BCUT2D eigenvalue weighted by Crippen LogP contribution is 2.06. The van der Waals surface area contributed by atoms with Gasteiger partial charge in [-0.05, 0) is 18.4 Å². The first kappa shape index (κ1) is 13.5. The second-order valence-corrected chi connectivity index (χ2v) is 4.44. The van der Waals surface area contributed by atoms with Gasteiger partial charge < -0.3 is 10.0 Å². The molecule has 0 saturated carbocycles. The van der Waals surface area contributed by atoms with Crippen molar-refractivity contribution in [1.82, 2.24) is 9.88 Å². The Morgan fingerprint density at radius 2 is 2.24 bits per heavy atom. The molecule has 0 fully saturated rings. The summed E-state index contributed by atoms with van der Waals surface area (Å²) < 4.78 is 0. The average Bonchev–Trinajstić information content (AvgIpc) is 2.35. The molecule has 1 rings (SSSR count). The van der Waals surface area contributed by atoms with Crippen molar-refractivity contribution in [3.05, 3.63) is 29.6 Å². The molecule has 0 aliphatic rings. The van der Waals surface area contributed by atoms with Crippen LogP contribution in [0.5, 0.6) is 0 Å². The van der Waals surface area contributed by atoms with Crippen LogP contribution in [0.4, 0.5) is 0 Å². The highest BCUT2D eigenvalue weighted by molar-refractivity contribution is 7.98. The van der Waals surface area contributed by atoms with Crippen molar-refractivity contribution < 1.29 is 14.7 Å². The van der Waals surface area contributed by atoms with E-state index in [1.54, 1.807) is 23.7 Å². The van der Waals surface area contributed by atoms with Gasteiger partial charge in [0.2, 0.25) is 0 Å². The van der Waals surface area contributed by atoms with Crippen LogP contribution in [0.3, 0.4) is 0 Å². The number of rotatable bonds is 5. The van der Waals surface area contributed by atoms with E-state index in [0.29, 0.717) is 12.1 Å². The van der Waals surface area contributed by atoms with Gasteiger partial charge in [-0.3, -0.25) is 4.79 Å². The average molecular weight is 254 g/mol. The molecule has 6 heteroatoms. The van der Waals surface area contributed by atoms with Gasteiger partial charge in [-0.15, -0.1) is 0 Å². The van der Waals surface area contributed by atoms with E-state index in [-0.39, 0.29) is 11.6 Å². The summed E-state index contributed by atoms with van der Waals surface area (Å²) in [7, 11) is 1.69. The van der Waals surface area contributed by atoms with Crippen LogP contribution >= 0.6 is 11.8 Å². The molecule has 0 unspecified atom stereocenters. The summed E-state index contributed by atoms with van der Waals surface area (Å²) in [5, 5.41) is 8.78. The maximum Gasteiger partial charge on any atom is 0.354 e.